The minimum atomic E-state index is 0.893. The molecule has 0 bridgehead atoms. The first-order chi connectivity index (χ1) is 13.3. The summed E-state index contributed by atoms with van der Waals surface area (Å²) in [6, 6.07) is 23.4. The van der Waals surface area contributed by atoms with Crippen molar-refractivity contribution >= 4 is 32.6 Å². The molecule has 2 heterocycles. The van der Waals surface area contributed by atoms with Gasteiger partial charge in [-0.2, -0.15) is 0 Å². The number of ether oxygens (including phenoxy) is 1. The van der Waals surface area contributed by atoms with E-state index in [-0.39, 0.29) is 0 Å². The van der Waals surface area contributed by atoms with E-state index in [4.69, 9.17) is 4.74 Å². The zero-order valence-electron chi connectivity index (χ0n) is 15.2. The van der Waals surface area contributed by atoms with E-state index >= 15 is 0 Å². The van der Waals surface area contributed by atoms with Gasteiger partial charge < -0.3 is 9.72 Å². The lowest BCUT2D eigenvalue weighted by Gasteiger charge is -2.06. The van der Waals surface area contributed by atoms with Crippen LogP contribution in [0.3, 0.4) is 0 Å². The highest BCUT2D eigenvalue weighted by Crippen LogP contribution is 2.27. The van der Waals surface area contributed by atoms with Crippen LogP contribution in [0.1, 0.15) is 11.3 Å². The molecule has 0 spiro atoms. The lowest BCUT2D eigenvalue weighted by molar-refractivity contribution is 0.415. The van der Waals surface area contributed by atoms with Crippen LogP contribution in [0.15, 0.2) is 72.9 Å². The number of hydrogen-bond donors (Lipinski definition) is 1. The molecule has 0 aliphatic carbocycles. The average Bonchev–Trinajstić information content (AvgIpc) is 3.11. The number of para-hydroxylation sites is 1. The Morgan fingerprint density at radius 2 is 1.70 bits per heavy atom. The van der Waals surface area contributed by atoms with E-state index in [1.807, 2.05) is 12.3 Å². The fraction of sp³-hybridized carbons (Fsp3) is 0.125. The summed E-state index contributed by atoms with van der Waals surface area (Å²) in [4.78, 5) is 8.20. The Hall–Kier alpha value is -3.33. The van der Waals surface area contributed by atoms with Crippen LogP contribution >= 0.6 is 0 Å². The lowest BCUT2D eigenvalue weighted by atomic mass is 10.0. The van der Waals surface area contributed by atoms with Crippen LogP contribution in [0, 0.1) is 0 Å². The summed E-state index contributed by atoms with van der Waals surface area (Å²) in [5.74, 6) is 0.893. The van der Waals surface area contributed by atoms with Crippen molar-refractivity contribution in [2.24, 2.45) is 0 Å². The van der Waals surface area contributed by atoms with Crippen molar-refractivity contribution in [1.29, 1.82) is 0 Å². The number of aromatic amines is 1. The summed E-state index contributed by atoms with van der Waals surface area (Å²) >= 11 is 0. The number of nitrogens with zero attached hydrogens (tertiary/aromatic N) is 1. The van der Waals surface area contributed by atoms with Crippen molar-refractivity contribution in [1.82, 2.24) is 9.97 Å². The number of fused-ring (bicyclic) bond motifs is 4. The van der Waals surface area contributed by atoms with Crippen LogP contribution in [0.2, 0.25) is 0 Å². The average molecular weight is 352 g/mol. The predicted molar refractivity (Wildman–Crippen MR) is 112 cm³/mol. The number of rotatable bonds is 4. The third kappa shape index (κ3) is 2.81. The minimum Gasteiger partial charge on any atom is -0.497 e. The summed E-state index contributed by atoms with van der Waals surface area (Å²) < 4.78 is 5.31. The quantitative estimate of drug-likeness (QED) is 0.453. The number of benzene rings is 3. The van der Waals surface area contributed by atoms with Gasteiger partial charge in [0.15, 0.2) is 0 Å². The topological polar surface area (TPSA) is 37.9 Å². The molecule has 0 saturated heterocycles. The number of aromatic nitrogens is 2. The molecule has 0 atom stereocenters. The molecule has 0 saturated carbocycles. The number of hydrogen-bond acceptors (Lipinski definition) is 2. The third-order valence-corrected chi connectivity index (χ3v) is 5.27. The maximum Gasteiger partial charge on any atom is 0.119 e. The standard InChI is InChI=1S/C24H20N2O/c1-27-19-10-9-17-14-16(6-8-18(17)15-19)7-11-23-24-21(12-13-25-23)20-4-2-3-5-22(20)26-24/h2-6,8-10,12-15,26H,7,11H2,1H3. The fourth-order valence-electron chi connectivity index (χ4n) is 3.84. The first-order valence-corrected chi connectivity index (χ1v) is 9.23. The highest BCUT2D eigenvalue weighted by Gasteiger charge is 2.09. The molecule has 27 heavy (non-hydrogen) atoms. The van der Waals surface area contributed by atoms with Gasteiger partial charge in [0.25, 0.3) is 0 Å². The number of methoxy groups -OCH3 is 1. The zero-order valence-corrected chi connectivity index (χ0v) is 15.2. The van der Waals surface area contributed by atoms with Crippen molar-refractivity contribution in [2.45, 2.75) is 12.8 Å². The van der Waals surface area contributed by atoms with E-state index in [9.17, 15) is 0 Å². The second-order valence-electron chi connectivity index (χ2n) is 6.90. The summed E-state index contributed by atoms with van der Waals surface area (Å²) in [5, 5.41) is 4.95. The number of pyridine rings is 1. The van der Waals surface area contributed by atoms with E-state index in [1.54, 1.807) is 7.11 Å². The van der Waals surface area contributed by atoms with Gasteiger partial charge in [0.2, 0.25) is 0 Å². The van der Waals surface area contributed by atoms with Gasteiger partial charge in [-0.15, -0.1) is 0 Å². The molecule has 2 aromatic heterocycles. The van der Waals surface area contributed by atoms with Crippen LogP contribution < -0.4 is 4.74 Å². The van der Waals surface area contributed by atoms with Gasteiger partial charge >= 0.3 is 0 Å². The Morgan fingerprint density at radius 3 is 2.63 bits per heavy atom. The van der Waals surface area contributed by atoms with Crippen LogP contribution in [-0.4, -0.2) is 17.1 Å². The number of aryl methyl sites for hydroxylation is 2. The number of nitrogens with one attached hydrogen (secondary N) is 1. The van der Waals surface area contributed by atoms with E-state index in [0.717, 1.165) is 29.8 Å². The second-order valence-corrected chi connectivity index (χ2v) is 6.90. The van der Waals surface area contributed by atoms with E-state index in [0.29, 0.717) is 0 Å². The molecule has 3 aromatic carbocycles. The molecule has 1 N–H and O–H groups in total. The monoisotopic (exact) mass is 352 g/mol. The highest BCUT2D eigenvalue weighted by molar-refractivity contribution is 6.07. The summed E-state index contributed by atoms with van der Waals surface area (Å²) in [6.07, 6.45) is 3.79. The Balaban J connectivity index is 1.46. The van der Waals surface area contributed by atoms with Crippen LogP contribution in [0.25, 0.3) is 32.6 Å². The molecule has 0 unspecified atom stereocenters. The molecule has 0 radical (unpaired) electrons. The smallest absolute Gasteiger partial charge is 0.119 e. The molecule has 0 amide bonds. The molecule has 0 aliphatic rings. The second kappa shape index (κ2) is 6.44. The van der Waals surface area contributed by atoms with Crippen LogP contribution in [0.4, 0.5) is 0 Å². The first-order valence-electron chi connectivity index (χ1n) is 9.23. The van der Waals surface area contributed by atoms with Gasteiger partial charge in [-0.25, -0.2) is 0 Å². The Morgan fingerprint density at radius 1 is 0.852 bits per heavy atom. The molecular weight excluding hydrogens is 332 g/mol. The summed E-state index contributed by atoms with van der Waals surface area (Å²) in [5.41, 5.74) is 4.77. The summed E-state index contributed by atoms with van der Waals surface area (Å²) in [6.45, 7) is 0. The molecule has 5 aromatic rings. The number of H-pyrrole nitrogens is 1. The highest BCUT2D eigenvalue weighted by atomic mass is 16.5. The summed E-state index contributed by atoms with van der Waals surface area (Å²) in [7, 11) is 1.70. The van der Waals surface area contributed by atoms with Crippen molar-refractivity contribution in [2.75, 3.05) is 7.11 Å². The normalized spacial score (nSPS) is 11.4. The van der Waals surface area contributed by atoms with Gasteiger partial charge in [-0.3, -0.25) is 4.98 Å². The van der Waals surface area contributed by atoms with Crippen molar-refractivity contribution < 1.29 is 4.74 Å². The van der Waals surface area contributed by atoms with Gasteiger partial charge in [0.1, 0.15) is 5.75 Å². The van der Waals surface area contributed by atoms with Crippen LogP contribution in [0.5, 0.6) is 5.75 Å². The SMILES string of the molecule is COc1ccc2cc(CCc3nccc4c3[nH]c3ccccc34)ccc2c1. The van der Waals surface area contributed by atoms with Crippen molar-refractivity contribution in [3.8, 4) is 5.75 Å². The minimum absolute atomic E-state index is 0.893. The Bertz CT molecular complexity index is 1270. The Labute approximate surface area is 157 Å². The third-order valence-electron chi connectivity index (χ3n) is 5.27. The maximum absolute atomic E-state index is 5.31. The lowest BCUT2D eigenvalue weighted by Crippen LogP contribution is -1.96. The van der Waals surface area contributed by atoms with E-state index in [1.165, 1.54) is 32.6 Å². The van der Waals surface area contributed by atoms with Crippen molar-refractivity contribution in [3.63, 3.8) is 0 Å². The van der Waals surface area contributed by atoms with E-state index < -0.39 is 0 Å². The molecule has 5 rings (SSSR count). The van der Waals surface area contributed by atoms with Gasteiger partial charge in [-0.05, 0) is 53.4 Å². The fourth-order valence-corrected chi connectivity index (χ4v) is 3.84. The largest absolute Gasteiger partial charge is 0.497 e. The molecular formula is C24H20N2O. The molecule has 0 fully saturated rings. The van der Waals surface area contributed by atoms with Gasteiger partial charge in [0.05, 0.1) is 18.3 Å². The van der Waals surface area contributed by atoms with E-state index in [2.05, 4.69) is 70.6 Å². The molecule has 0 aliphatic heterocycles. The molecule has 3 heteroatoms. The molecule has 132 valence electrons. The first kappa shape index (κ1) is 15.9. The molecule has 3 nitrogen and oxygen atoms in total. The van der Waals surface area contributed by atoms with Gasteiger partial charge in [-0.1, -0.05) is 42.5 Å². The zero-order chi connectivity index (χ0) is 18.2. The predicted octanol–water partition coefficient (Wildman–Crippen LogP) is 5.66. The maximum atomic E-state index is 5.31. The van der Waals surface area contributed by atoms with Gasteiger partial charge in [0, 0.05) is 22.5 Å². The van der Waals surface area contributed by atoms with Crippen molar-refractivity contribution in [3.05, 3.63) is 84.2 Å². The van der Waals surface area contributed by atoms with Crippen LogP contribution in [-0.2, 0) is 12.8 Å². The Kier molecular flexibility index (Phi) is 3.79.